The Kier molecular flexibility index (Phi) is 6.73. The first kappa shape index (κ1) is 18.4. The predicted molar refractivity (Wildman–Crippen MR) is 90.7 cm³/mol. The third-order valence-electron chi connectivity index (χ3n) is 4.41. The van der Waals surface area contributed by atoms with Gasteiger partial charge in [-0.15, -0.1) is 0 Å². The summed E-state index contributed by atoms with van der Waals surface area (Å²) in [4.78, 5) is 14.1. The van der Waals surface area contributed by atoms with E-state index in [1.54, 1.807) is 21.3 Å². The molecule has 2 rings (SSSR count). The number of hydrogen-bond donors (Lipinski definition) is 0. The zero-order valence-electron chi connectivity index (χ0n) is 15.0. The molecule has 0 N–H and O–H groups in total. The molecular weight excluding hydrogens is 310 g/mol. The minimum atomic E-state index is -0.0724. The minimum Gasteiger partial charge on any atom is -0.496 e. The van der Waals surface area contributed by atoms with Crippen LogP contribution in [0.4, 0.5) is 0 Å². The molecule has 0 aromatic heterocycles. The molecule has 0 atom stereocenters. The topological polar surface area (TPSA) is 57.2 Å². The number of likely N-dealkylation sites (tertiary alicyclic amines) is 1. The highest BCUT2D eigenvalue weighted by Gasteiger charge is 2.27. The Labute approximate surface area is 143 Å². The average molecular weight is 337 g/mol. The van der Waals surface area contributed by atoms with Gasteiger partial charge in [0.15, 0.2) is 0 Å². The van der Waals surface area contributed by atoms with E-state index in [0.29, 0.717) is 18.9 Å². The Bertz CT molecular complexity index is 527. The van der Waals surface area contributed by atoms with E-state index < -0.39 is 0 Å². The molecule has 0 saturated carbocycles. The number of rotatable bonds is 7. The van der Waals surface area contributed by atoms with Crippen LogP contribution in [0.1, 0.15) is 25.3 Å². The number of carbonyl (C=O) groups excluding carboxylic acids is 1. The van der Waals surface area contributed by atoms with E-state index in [0.717, 1.165) is 43.0 Å². The van der Waals surface area contributed by atoms with Crippen molar-refractivity contribution < 1.29 is 23.7 Å². The maximum Gasteiger partial charge on any atom is 0.309 e. The normalized spacial score (nSPS) is 15.8. The summed E-state index contributed by atoms with van der Waals surface area (Å²) in [5.74, 6) is 2.14. The number of benzene rings is 1. The van der Waals surface area contributed by atoms with E-state index in [1.807, 2.05) is 19.1 Å². The molecule has 1 heterocycles. The van der Waals surface area contributed by atoms with Crippen molar-refractivity contribution >= 4 is 5.97 Å². The molecule has 0 aliphatic carbocycles. The minimum absolute atomic E-state index is 0.0147. The fourth-order valence-corrected chi connectivity index (χ4v) is 3.04. The summed E-state index contributed by atoms with van der Waals surface area (Å²) in [5.41, 5.74) is 0.996. The fraction of sp³-hybridized carbons (Fsp3) is 0.611. The van der Waals surface area contributed by atoms with Crippen LogP contribution in [0.5, 0.6) is 17.2 Å². The van der Waals surface area contributed by atoms with Gasteiger partial charge in [0.2, 0.25) is 0 Å². The van der Waals surface area contributed by atoms with Gasteiger partial charge in [0.05, 0.1) is 39.4 Å². The van der Waals surface area contributed by atoms with Crippen LogP contribution < -0.4 is 14.2 Å². The van der Waals surface area contributed by atoms with E-state index in [9.17, 15) is 4.79 Å². The second-order valence-electron chi connectivity index (χ2n) is 5.81. The standard InChI is InChI=1S/C18H27NO5/c1-5-24-18(20)13-6-8-19(9-7-13)12-15-16(22-3)10-14(21-2)11-17(15)23-4/h10-11,13H,5-9,12H2,1-4H3. The molecule has 1 aliphatic rings. The molecule has 1 aromatic rings. The average Bonchev–Trinajstić information content (AvgIpc) is 2.62. The van der Waals surface area contributed by atoms with Crippen LogP contribution in [-0.2, 0) is 16.1 Å². The molecule has 24 heavy (non-hydrogen) atoms. The third-order valence-corrected chi connectivity index (χ3v) is 4.41. The van der Waals surface area contributed by atoms with Gasteiger partial charge < -0.3 is 18.9 Å². The van der Waals surface area contributed by atoms with E-state index in [2.05, 4.69) is 4.90 Å². The Morgan fingerprint density at radius 2 is 1.67 bits per heavy atom. The highest BCUT2D eigenvalue weighted by Crippen LogP contribution is 2.35. The number of hydrogen-bond acceptors (Lipinski definition) is 6. The lowest BCUT2D eigenvalue weighted by Crippen LogP contribution is -2.36. The van der Waals surface area contributed by atoms with Gasteiger partial charge in [-0.3, -0.25) is 9.69 Å². The van der Waals surface area contributed by atoms with E-state index in [4.69, 9.17) is 18.9 Å². The smallest absolute Gasteiger partial charge is 0.309 e. The molecular formula is C18H27NO5. The summed E-state index contributed by atoms with van der Waals surface area (Å²) in [6, 6.07) is 3.73. The highest BCUT2D eigenvalue weighted by molar-refractivity contribution is 5.72. The van der Waals surface area contributed by atoms with Gasteiger partial charge in [0, 0.05) is 18.7 Å². The molecule has 0 spiro atoms. The van der Waals surface area contributed by atoms with Crippen LogP contribution in [0.2, 0.25) is 0 Å². The molecule has 0 unspecified atom stereocenters. The Hall–Kier alpha value is -1.95. The molecule has 0 bridgehead atoms. The van der Waals surface area contributed by atoms with E-state index >= 15 is 0 Å². The van der Waals surface area contributed by atoms with Crippen LogP contribution in [0.15, 0.2) is 12.1 Å². The van der Waals surface area contributed by atoms with Gasteiger partial charge in [0.1, 0.15) is 17.2 Å². The summed E-state index contributed by atoms with van der Waals surface area (Å²) >= 11 is 0. The summed E-state index contributed by atoms with van der Waals surface area (Å²) < 4.78 is 21.4. The maximum atomic E-state index is 11.8. The van der Waals surface area contributed by atoms with Crippen molar-refractivity contribution in [3.63, 3.8) is 0 Å². The Morgan fingerprint density at radius 3 is 2.12 bits per heavy atom. The molecule has 1 fully saturated rings. The van der Waals surface area contributed by atoms with Crippen molar-refractivity contribution in [2.45, 2.75) is 26.3 Å². The first-order valence-corrected chi connectivity index (χ1v) is 8.30. The first-order chi connectivity index (χ1) is 11.6. The predicted octanol–water partition coefficient (Wildman–Crippen LogP) is 2.49. The van der Waals surface area contributed by atoms with Crippen molar-refractivity contribution in [1.29, 1.82) is 0 Å². The Morgan fingerprint density at radius 1 is 1.08 bits per heavy atom. The first-order valence-electron chi connectivity index (χ1n) is 8.30. The van der Waals surface area contributed by atoms with Gasteiger partial charge in [-0.05, 0) is 32.9 Å². The largest absolute Gasteiger partial charge is 0.496 e. The summed E-state index contributed by atoms with van der Waals surface area (Å²) in [5, 5.41) is 0. The number of nitrogens with zero attached hydrogens (tertiary/aromatic N) is 1. The van der Waals surface area contributed by atoms with Crippen molar-refractivity contribution in [3.05, 3.63) is 17.7 Å². The quantitative estimate of drug-likeness (QED) is 0.713. The zero-order valence-corrected chi connectivity index (χ0v) is 15.0. The van der Waals surface area contributed by atoms with Crippen LogP contribution in [0, 0.1) is 5.92 Å². The fourth-order valence-electron chi connectivity index (χ4n) is 3.04. The van der Waals surface area contributed by atoms with Crippen LogP contribution in [0.3, 0.4) is 0 Å². The number of ether oxygens (including phenoxy) is 4. The second kappa shape index (κ2) is 8.78. The zero-order chi connectivity index (χ0) is 17.5. The van der Waals surface area contributed by atoms with Gasteiger partial charge in [-0.2, -0.15) is 0 Å². The number of carbonyl (C=O) groups is 1. The van der Waals surface area contributed by atoms with Crippen molar-refractivity contribution in [3.8, 4) is 17.2 Å². The highest BCUT2D eigenvalue weighted by atomic mass is 16.5. The number of esters is 1. The summed E-state index contributed by atoms with van der Waals surface area (Å²) in [6.45, 7) is 4.70. The Balaban J connectivity index is 2.05. The monoisotopic (exact) mass is 337 g/mol. The summed E-state index contributed by atoms with van der Waals surface area (Å²) in [7, 11) is 4.91. The second-order valence-corrected chi connectivity index (χ2v) is 5.81. The van der Waals surface area contributed by atoms with Crippen molar-refractivity contribution in [1.82, 2.24) is 4.90 Å². The van der Waals surface area contributed by atoms with Crippen LogP contribution >= 0.6 is 0 Å². The SMILES string of the molecule is CCOC(=O)C1CCN(Cc2c(OC)cc(OC)cc2OC)CC1. The van der Waals surface area contributed by atoms with Crippen LogP contribution in [-0.4, -0.2) is 51.9 Å². The maximum absolute atomic E-state index is 11.8. The molecule has 6 nitrogen and oxygen atoms in total. The molecule has 0 radical (unpaired) electrons. The molecule has 1 aromatic carbocycles. The number of piperidine rings is 1. The van der Waals surface area contributed by atoms with Crippen molar-refractivity contribution in [2.24, 2.45) is 5.92 Å². The van der Waals surface area contributed by atoms with Gasteiger partial charge in [-0.25, -0.2) is 0 Å². The van der Waals surface area contributed by atoms with E-state index in [-0.39, 0.29) is 11.9 Å². The molecule has 1 aliphatic heterocycles. The number of methoxy groups -OCH3 is 3. The van der Waals surface area contributed by atoms with Crippen LogP contribution in [0.25, 0.3) is 0 Å². The van der Waals surface area contributed by atoms with Gasteiger partial charge in [-0.1, -0.05) is 0 Å². The van der Waals surface area contributed by atoms with E-state index in [1.165, 1.54) is 0 Å². The summed E-state index contributed by atoms with van der Waals surface area (Å²) in [6.07, 6.45) is 1.64. The lowest BCUT2D eigenvalue weighted by Gasteiger charge is -2.31. The van der Waals surface area contributed by atoms with Gasteiger partial charge >= 0.3 is 5.97 Å². The lowest BCUT2D eigenvalue weighted by molar-refractivity contribution is -0.149. The van der Waals surface area contributed by atoms with Gasteiger partial charge in [0.25, 0.3) is 0 Å². The molecule has 6 heteroatoms. The molecule has 134 valence electrons. The van der Waals surface area contributed by atoms with Crippen molar-refractivity contribution in [2.75, 3.05) is 41.0 Å². The lowest BCUT2D eigenvalue weighted by atomic mass is 9.96. The third kappa shape index (κ3) is 4.32. The molecule has 0 amide bonds. The molecule has 1 saturated heterocycles.